The first-order chi connectivity index (χ1) is 7.66. The largest absolute Gasteiger partial charge is 0.472 e. The van der Waals surface area contributed by atoms with Crippen LogP contribution in [0.4, 0.5) is 5.69 Å². The molecule has 1 aromatic heterocycles. The fourth-order valence-corrected chi connectivity index (χ4v) is 1.84. The molecule has 2 nitrogen and oxygen atoms in total. The molecule has 0 radical (unpaired) electrons. The molecule has 0 aliphatic rings. The lowest BCUT2D eigenvalue weighted by Gasteiger charge is -2.14. The zero-order chi connectivity index (χ0) is 11.5. The Morgan fingerprint density at radius 2 is 2.12 bits per heavy atom. The summed E-state index contributed by atoms with van der Waals surface area (Å²) in [5, 5.41) is 3.43. The number of hydrogen-bond acceptors (Lipinski definition) is 2. The van der Waals surface area contributed by atoms with E-state index in [0.717, 1.165) is 15.7 Å². The summed E-state index contributed by atoms with van der Waals surface area (Å²) in [4.78, 5) is 0. The Morgan fingerprint density at radius 1 is 1.31 bits per heavy atom. The first-order valence-corrected chi connectivity index (χ1v) is 6.01. The molecule has 1 atom stereocenters. The molecular weight excluding hydrogens is 266 g/mol. The number of hydrogen-bond donors (Lipinski definition) is 1. The van der Waals surface area contributed by atoms with E-state index in [1.807, 2.05) is 6.07 Å². The van der Waals surface area contributed by atoms with Crippen molar-refractivity contribution >= 4 is 21.6 Å². The van der Waals surface area contributed by atoms with Gasteiger partial charge < -0.3 is 9.73 Å². The van der Waals surface area contributed by atoms with Gasteiger partial charge in [-0.15, -0.1) is 0 Å². The standard InChI is InChI=1S/C13H14BrNO/c1-9-7-12(3-4-13(9)14)15-10(2)11-5-6-16-8-11/h3-8,10,15H,1-2H3. The maximum atomic E-state index is 5.07. The lowest BCUT2D eigenvalue weighted by Crippen LogP contribution is -2.05. The molecule has 0 bridgehead atoms. The fraction of sp³-hybridized carbons (Fsp3) is 0.231. The molecule has 1 heterocycles. The number of halogens is 1. The second kappa shape index (κ2) is 4.74. The molecule has 1 aromatic carbocycles. The minimum Gasteiger partial charge on any atom is -0.472 e. The van der Waals surface area contributed by atoms with Gasteiger partial charge >= 0.3 is 0 Å². The van der Waals surface area contributed by atoms with Crippen LogP contribution in [0.1, 0.15) is 24.1 Å². The van der Waals surface area contributed by atoms with Crippen LogP contribution in [-0.4, -0.2) is 0 Å². The van der Waals surface area contributed by atoms with E-state index in [4.69, 9.17) is 4.42 Å². The van der Waals surface area contributed by atoms with E-state index < -0.39 is 0 Å². The molecule has 0 spiro atoms. The van der Waals surface area contributed by atoms with Crippen molar-refractivity contribution in [2.24, 2.45) is 0 Å². The third-order valence-electron chi connectivity index (χ3n) is 2.58. The first kappa shape index (κ1) is 11.3. The van der Waals surface area contributed by atoms with Gasteiger partial charge in [-0.3, -0.25) is 0 Å². The summed E-state index contributed by atoms with van der Waals surface area (Å²) in [6, 6.07) is 8.47. The summed E-state index contributed by atoms with van der Waals surface area (Å²) < 4.78 is 6.20. The van der Waals surface area contributed by atoms with E-state index >= 15 is 0 Å². The molecule has 2 aromatic rings. The van der Waals surface area contributed by atoms with Crippen molar-refractivity contribution in [1.82, 2.24) is 0 Å². The minimum atomic E-state index is 0.249. The summed E-state index contributed by atoms with van der Waals surface area (Å²) in [6.07, 6.45) is 3.46. The Balaban J connectivity index is 2.12. The number of aryl methyl sites for hydroxylation is 1. The molecule has 84 valence electrons. The van der Waals surface area contributed by atoms with Crippen LogP contribution in [0.5, 0.6) is 0 Å². The number of nitrogens with one attached hydrogen (secondary N) is 1. The van der Waals surface area contributed by atoms with E-state index in [0.29, 0.717) is 0 Å². The Labute approximate surface area is 104 Å². The fourth-order valence-electron chi connectivity index (χ4n) is 1.59. The number of benzene rings is 1. The molecule has 0 amide bonds. The van der Waals surface area contributed by atoms with Crippen LogP contribution in [0.3, 0.4) is 0 Å². The van der Waals surface area contributed by atoms with E-state index in [9.17, 15) is 0 Å². The number of furan rings is 1. The molecule has 1 N–H and O–H groups in total. The van der Waals surface area contributed by atoms with Crippen molar-refractivity contribution in [3.8, 4) is 0 Å². The Bertz CT molecular complexity index is 465. The smallest absolute Gasteiger partial charge is 0.0955 e. The Morgan fingerprint density at radius 3 is 2.75 bits per heavy atom. The summed E-state index contributed by atoms with van der Waals surface area (Å²) in [7, 11) is 0. The molecule has 0 saturated carbocycles. The molecular formula is C13H14BrNO. The highest BCUT2D eigenvalue weighted by Crippen LogP contribution is 2.23. The van der Waals surface area contributed by atoms with Crippen LogP contribution in [0, 0.1) is 6.92 Å². The molecule has 0 aliphatic carbocycles. The van der Waals surface area contributed by atoms with Crippen molar-refractivity contribution in [3.05, 3.63) is 52.4 Å². The van der Waals surface area contributed by atoms with Gasteiger partial charge in [0.15, 0.2) is 0 Å². The topological polar surface area (TPSA) is 25.2 Å². The molecule has 0 fully saturated rings. The lowest BCUT2D eigenvalue weighted by atomic mass is 10.1. The summed E-state index contributed by atoms with van der Waals surface area (Å²) in [5.41, 5.74) is 3.50. The molecule has 1 unspecified atom stereocenters. The highest BCUT2D eigenvalue weighted by Gasteiger charge is 2.06. The molecule has 0 saturated heterocycles. The van der Waals surface area contributed by atoms with E-state index in [1.54, 1.807) is 12.5 Å². The van der Waals surface area contributed by atoms with Gasteiger partial charge in [0.25, 0.3) is 0 Å². The van der Waals surface area contributed by atoms with Gasteiger partial charge in [0.1, 0.15) is 0 Å². The Kier molecular flexibility index (Phi) is 3.34. The van der Waals surface area contributed by atoms with E-state index in [1.165, 1.54) is 5.56 Å². The quantitative estimate of drug-likeness (QED) is 0.894. The van der Waals surface area contributed by atoms with Gasteiger partial charge in [-0.2, -0.15) is 0 Å². The molecule has 0 aliphatic heterocycles. The second-order valence-electron chi connectivity index (χ2n) is 3.89. The normalized spacial score (nSPS) is 12.4. The van der Waals surface area contributed by atoms with E-state index in [-0.39, 0.29) is 6.04 Å². The van der Waals surface area contributed by atoms with Gasteiger partial charge in [-0.05, 0) is 43.7 Å². The average molecular weight is 280 g/mol. The molecule has 2 rings (SSSR count). The van der Waals surface area contributed by atoms with Crippen LogP contribution < -0.4 is 5.32 Å². The van der Waals surface area contributed by atoms with Gasteiger partial charge in [-0.25, -0.2) is 0 Å². The SMILES string of the molecule is Cc1cc(NC(C)c2ccoc2)ccc1Br. The van der Waals surface area contributed by atoms with Crippen LogP contribution in [0.15, 0.2) is 45.7 Å². The van der Waals surface area contributed by atoms with Gasteiger partial charge in [0, 0.05) is 15.7 Å². The summed E-state index contributed by atoms with van der Waals surface area (Å²) in [5.74, 6) is 0. The van der Waals surface area contributed by atoms with Crippen LogP contribution >= 0.6 is 15.9 Å². The number of anilines is 1. The van der Waals surface area contributed by atoms with Gasteiger partial charge in [0.05, 0.1) is 18.6 Å². The van der Waals surface area contributed by atoms with Crippen molar-refractivity contribution in [2.45, 2.75) is 19.9 Å². The van der Waals surface area contributed by atoms with Crippen LogP contribution in [-0.2, 0) is 0 Å². The second-order valence-corrected chi connectivity index (χ2v) is 4.74. The van der Waals surface area contributed by atoms with E-state index in [2.05, 4.69) is 53.3 Å². The predicted octanol–water partition coefficient (Wildman–Crippen LogP) is 4.52. The predicted molar refractivity (Wildman–Crippen MR) is 69.6 cm³/mol. The zero-order valence-corrected chi connectivity index (χ0v) is 10.9. The summed E-state index contributed by atoms with van der Waals surface area (Å²) >= 11 is 3.49. The first-order valence-electron chi connectivity index (χ1n) is 5.21. The third kappa shape index (κ3) is 2.47. The van der Waals surface area contributed by atoms with Crippen molar-refractivity contribution in [3.63, 3.8) is 0 Å². The van der Waals surface area contributed by atoms with Gasteiger partial charge in [0.2, 0.25) is 0 Å². The highest BCUT2D eigenvalue weighted by molar-refractivity contribution is 9.10. The maximum Gasteiger partial charge on any atom is 0.0955 e. The lowest BCUT2D eigenvalue weighted by molar-refractivity contribution is 0.562. The number of rotatable bonds is 3. The van der Waals surface area contributed by atoms with Crippen LogP contribution in [0.2, 0.25) is 0 Å². The monoisotopic (exact) mass is 279 g/mol. The van der Waals surface area contributed by atoms with Crippen molar-refractivity contribution < 1.29 is 4.42 Å². The third-order valence-corrected chi connectivity index (χ3v) is 3.47. The van der Waals surface area contributed by atoms with Crippen molar-refractivity contribution in [1.29, 1.82) is 0 Å². The minimum absolute atomic E-state index is 0.249. The average Bonchev–Trinajstić information content (AvgIpc) is 2.77. The van der Waals surface area contributed by atoms with Crippen molar-refractivity contribution in [2.75, 3.05) is 5.32 Å². The maximum absolute atomic E-state index is 5.07. The molecule has 3 heteroatoms. The summed E-state index contributed by atoms with van der Waals surface area (Å²) in [6.45, 7) is 4.19. The highest BCUT2D eigenvalue weighted by atomic mass is 79.9. The zero-order valence-electron chi connectivity index (χ0n) is 9.33. The molecule has 16 heavy (non-hydrogen) atoms. The van der Waals surface area contributed by atoms with Crippen LogP contribution in [0.25, 0.3) is 0 Å². The van der Waals surface area contributed by atoms with Gasteiger partial charge in [-0.1, -0.05) is 15.9 Å². The Hall–Kier alpha value is -1.22.